The number of aliphatic hydroxyl groups is 1. The number of hydrogen-bond donors (Lipinski definition) is 2. The molecule has 1 aromatic rings. The summed E-state index contributed by atoms with van der Waals surface area (Å²) >= 11 is 0. The summed E-state index contributed by atoms with van der Waals surface area (Å²) in [6.07, 6.45) is 0.856. The number of rotatable bonds is 3. The first-order chi connectivity index (χ1) is 14.0. The van der Waals surface area contributed by atoms with Crippen LogP contribution in [-0.4, -0.2) is 67.6 Å². The first-order valence-corrected chi connectivity index (χ1v) is 10.3. The summed E-state index contributed by atoms with van der Waals surface area (Å²) in [4.78, 5) is 15.4. The van der Waals surface area contributed by atoms with E-state index in [1.54, 1.807) is 7.11 Å². The number of ether oxygens (including phenoxy) is 3. The quantitative estimate of drug-likeness (QED) is 0.588. The van der Waals surface area contributed by atoms with Crippen molar-refractivity contribution in [2.45, 2.75) is 49.5 Å². The Morgan fingerprint density at radius 1 is 1.41 bits per heavy atom. The van der Waals surface area contributed by atoms with Crippen molar-refractivity contribution in [3.63, 3.8) is 0 Å². The van der Waals surface area contributed by atoms with E-state index in [1.807, 2.05) is 19.1 Å². The van der Waals surface area contributed by atoms with Crippen molar-refractivity contribution in [3.05, 3.63) is 35.0 Å². The lowest BCUT2D eigenvalue weighted by molar-refractivity contribution is -0.138. The van der Waals surface area contributed by atoms with Gasteiger partial charge in [0.15, 0.2) is 0 Å². The van der Waals surface area contributed by atoms with Gasteiger partial charge in [0, 0.05) is 35.5 Å². The molecule has 1 aromatic carbocycles. The molecule has 0 bridgehead atoms. The van der Waals surface area contributed by atoms with Crippen molar-refractivity contribution in [2.75, 3.05) is 32.6 Å². The minimum Gasteiger partial charge on any atom is -0.497 e. The van der Waals surface area contributed by atoms with Crippen molar-refractivity contribution in [1.29, 1.82) is 0 Å². The average molecular weight is 398 g/mol. The molecule has 6 unspecified atom stereocenters. The first-order valence-electron chi connectivity index (χ1n) is 10.3. The van der Waals surface area contributed by atoms with E-state index in [0.29, 0.717) is 12.0 Å². The van der Waals surface area contributed by atoms with Gasteiger partial charge in [-0.3, -0.25) is 4.90 Å². The minimum absolute atomic E-state index is 0.0257. The van der Waals surface area contributed by atoms with Gasteiger partial charge in [-0.05, 0) is 37.9 Å². The van der Waals surface area contributed by atoms with E-state index in [1.165, 1.54) is 12.7 Å². The minimum atomic E-state index is -0.608. The van der Waals surface area contributed by atoms with Gasteiger partial charge in [-0.25, -0.2) is 4.79 Å². The van der Waals surface area contributed by atoms with Gasteiger partial charge >= 0.3 is 5.97 Å². The van der Waals surface area contributed by atoms with Gasteiger partial charge in [-0.1, -0.05) is 6.07 Å². The van der Waals surface area contributed by atoms with E-state index in [4.69, 9.17) is 14.2 Å². The maximum absolute atomic E-state index is 12.9. The zero-order chi connectivity index (χ0) is 20.1. The third-order valence-electron chi connectivity index (χ3n) is 8.07. The standard InChI is InChI=1S/C22H26N2O5/c1-11(25)22-9-13(19(26)28-3)17-21(14-5-4-12(27-2)8-15(14)23-17)6-7-24(20(21)22)10-16-18(22)29-16/h4-5,8,11,16,18,20,23,25H,6-7,9-10H2,1-3H3. The maximum Gasteiger partial charge on any atom is 0.335 e. The molecule has 5 aliphatic rings. The van der Waals surface area contributed by atoms with Gasteiger partial charge in [0.1, 0.15) is 5.75 Å². The van der Waals surface area contributed by atoms with Crippen LogP contribution in [-0.2, 0) is 19.7 Å². The smallest absolute Gasteiger partial charge is 0.335 e. The van der Waals surface area contributed by atoms with Crippen molar-refractivity contribution in [3.8, 4) is 5.75 Å². The van der Waals surface area contributed by atoms with Crippen LogP contribution in [0.4, 0.5) is 5.69 Å². The summed E-state index contributed by atoms with van der Waals surface area (Å²) in [7, 11) is 3.08. The van der Waals surface area contributed by atoms with Crippen molar-refractivity contribution < 1.29 is 24.1 Å². The molecule has 6 rings (SSSR count). The average Bonchev–Trinajstić information content (AvgIpc) is 3.31. The number of nitrogens with zero attached hydrogens (tertiary/aromatic N) is 1. The highest BCUT2D eigenvalue weighted by molar-refractivity contribution is 5.93. The lowest BCUT2D eigenvalue weighted by Gasteiger charge is -2.55. The third kappa shape index (κ3) is 1.92. The van der Waals surface area contributed by atoms with Crippen LogP contribution >= 0.6 is 0 Å². The molecular formula is C22H26N2O5. The molecule has 0 saturated carbocycles. The summed E-state index contributed by atoms with van der Waals surface area (Å²) in [6, 6.07) is 6.17. The Balaban J connectivity index is 1.65. The molecule has 7 nitrogen and oxygen atoms in total. The van der Waals surface area contributed by atoms with E-state index >= 15 is 0 Å². The fraction of sp³-hybridized carbons (Fsp3) is 0.591. The highest BCUT2D eigenvalue weighted by Crippen LogP contribution is 2.68. The van der Waals surface area contributed by atoms with Crippen LogP contribution in [0.1, 0.15) is 25.3 Å². The Morgan fingerprint density at radius 3 is 2.97 bits per heavy atom. The van der Waals surface area contributed by atoms with E-state index < -0.39 is 11.5 Å². The zero-order valence-corrected chi connectivity index (χ0v) is 16.9. The summed E-state index contributed by atoms with van der Waals surface area (Å²) in [5.41, 5.74) is 2.81. The molecule has 1 aliphatic carbocycles. The second kappa shape index (κ2) is 5.53. The molecule has 3 fully saturated rings. The van der Waals surface area contributed by atoms with Crippen LogP contribution in [0.2, 0.25) is 0 Å². The number of anilines is 1. The Bertz CT molecular complexity index is 959. The fourth-order valence-corrected chi connectivity index (χ4v) is 6.95. The van der Waals surface area contributed by atoms with E-state index in [-0.39, 0.29) is 29.6 Å². The Morgan fingerprint density at radius 2 is 2.24 bits per heavy atom. The number of aliphatic hydroxyl groups excluding tert-OH is 1. The summed E-state index contributed by atoms with van der Waals surface area (Å²) < 4.78 is 16.7. The Kier molecular flexibility index (Phi) is 3.38. The van der Waals surface area contributed by atoms with E-state index in [9.17, 15) is 9.90 Å². The van der Waals surface area contributed by atoms with Crippen LogP contribution in [0, 0.1) is 5.41 Å². The predicted molar refractivity (Wildman–Crippen MR) is 105 cm³/mol. The Labute approximate surface area is 169 Å². The monoisotopic (exact) mass is 398 g/mol. The largest absolute Gasteiger partial charge is 0.497 e. The lowest BCUT2D eigenvalue weighted by Crippen LogP contribution is -2.66. The summed E-state index contributed by atoms with van der Waals surface area (Å²) in [5, 5.41) is 14.7. The molecule has 29 heavy (non-hydrogen) atoms. The van der Waals surface area contributed by atoms with Gasteiger partial charge < -0.3 is 24.6 Å². The molecule has 4 heterocycles. The van der Waals surface area contributed by atoms with Crippen LogP contribution in [0.25, 0.3) is 0 Å². The van der Waals surface area contributed by atoms with E-state index in [2.05, 4.69) is 16.3 Å². The molecule has 1 spiro atoms. The maximum atomic E-state index is 12.9. The molecule has 0 aromatic heterocycles. The number of carbonyl (C=O) groups is 1. The molecule has 6 atom stereocenters. The third-order valence-corrected chi connectivity index (χ3v) is 8.07. The normalized spacial score (nSPS) is 39.7. The summed E-state index contributed by atoms with van der Waals surface area (Å²) in [5.74, 6) is 0.448. The number of piperidine rings is 1. The predicted octanol–water partition coefficient (Wildman–Crippen LogP) is 1.41. The number of nitrogens with one attached hydrogen (secondary N) is 1. The number of benzene rings is 1. The summed E-state index contributed by atoms with van der Waals surface area (Å²) in [6.45, 7) is 3.65. The molecule has 0 radical (unpaired) electrons. The van der Waals surface area contributed by atoms with Gasteiger partial charge in [0.2, 0.25) is 0 Å². The van der Waals surface area contributed by atoms with Crippen molar-refractivity contribution in [2.24, 2.45) is 5.41 Å². The van der Waals surface area contributed by atoms with Gasteiger partial charge in [-0.15, -0.1) is 0 Å². The Hall–Kier alpha value is -2.09. The van der Waals surface area contributed by atoms with Crippen LogP contribution in [0.3, 0.4) is 0 Å². The number of epoxide rings is 1. The SMILES string of the molecule is COC(=O)C1=C2Nc3cc(OC)ccc3C23CCN2CC4OC4C(C(C)O)(C1)C23. The highest BCUT2D eigenvalue weighted by atomic mass is 16.6. The molecule has 0 amide bonds. The van der Waals surface area contributed by atoms with Crippen LogP contribution in [0.15, 0.2) is 29.5 Å². The second-order valence-corrected chi connectivity index (χ2v) is 9.06. The van der Waals surface area contributed by atoms with Crippen LogP contribution < -0.4 is 10.1 Å². The van der Waals surface area contributed by atoms with Gasteiger partial charge in [0.05, 0.1) is 43.5 Å². The van der Waals surface area contributed by atoms with Gasteiger partial charge in [0.25, 0.3) is 0 Å². The highest BCUT2D eigenvalue weighted by Gasteiger charge is 2.75. The lowest BCUT2D eigenvalue weighted by atomic mass is 9.52. The number of hydrogen-bond acceptors (Lipinski definition) is 7. The number of carbonyl (C=O) groups excluding carboxylic acids is 1. The number of esters is 1. The van der Waals surface area contributed by atoms with E-state index in [0.717, 1.165) is 36.6 Å². The number of methoxy groups -OCH3 is 2. The topological polar surface area (TPSA) is 83.6 Å². The molecule has 4 aliphatic heterocycles. The van der Waals surface area contributed by atoms with Gasteiger partial charge in [-0.2, -0.15) is 0 Å². The fourth-order valence-electron chi connectivity index (χ4n) is 6.95. The molecule has 7 heteroatoms. The second-order valence-electron chi connectivity index (χ2n) is 9.06. The first kappa shape index (κ1) is 17.7. The van der Waals surface area contributed by atoms with Crippen LogP contribution in [0.5, 0.6) is 5.75 Å². The molecule has 2 N–H and O–H groups in total. The number of fused-ring (bicyclic) bond motifs is 3. The van der Waals surface area contributed by atoms with Crippen molar-refractivity contribution in [1.82, 2.24) is 4.90 Å². The molecular weight excluding hydrogens is 372 g/mol. The molecule has 154 valence electrons. The van der Waals surface area contributed by atoms with Crippen molar-refractivity contribution >= 4 is 11.7 Å². The zero-order valence-electron chi connectivity index (χ0n) is 16.9. The molecule has 3 saturated heterocycles.